The molecular weight excluding hydrogens is 246 g/mol. The summed E-state index contributed by atoms with van der Waals surface area (Å²) in [6.07, 6.45) is 0. The van der Waals surface area contributed by atoms with Gasteiger partial charge in [-0.2, -0.15) is 0 Å². The third kappa shape index (κ3) is 3.91. The molecular formula is C13H23N3OS. The molecule has 18 heavy (non-hydrogen) atoms. The quantitative estimate of drug-likeness (QED) is 0.833. The summed E-state index contributed by atoms with van der Waals surface area (Å²) in [5.41, 5.74) is 11.6. The van der Waals surface area contributed by atoms with Crippen molar-refractivity contribution in [2.24, 2.45) is 17.6 Å². The van der Waals surface area contributed by atoms with E-state index >= 15 is 0 Å². The number of carbonyl (C=O) groups excluding carboxylic acids is 1. The summed E-state index contributed by atoms with van der Waals surface area (Å²) in [5.74, 6) is 0.672. The van der Waals surface area contributed by atoms with E-state index in [9.17, 15) is 4.79 Å². The Kier molecular flexibility index (Phi) is 5.02. The maximum atomic E-state index is 11.2. The molecule has 1 aromatic rings. The van der Waals surface area contributed by atoms with Crippen LogP contribution in [0.3, 0.4) is 0 Å². The third-order valence-corrected chi connectivity index (χ3v) is 3.68. The number of nitrogens with zero attached hydrogens (tertiary/aromatic N) is 1. The largest absolute Gasteiger partial charge is 0.397 e. The Hall–Kier alpha value is -1.23. The minimum absolute atomic E-state index is 0.446. The van der Waals surface area contributed by atoms with Gasteiger partial charge in [-0.05, 0) is 17.9 Å². The first kappa shape index (κ1) is 14.8. The van der Waals surface area contributed by atoms with Crippen molar-refractivity contribution < 1.29 is 4.79 Å². The zero-order valence-electron chi connectivity index (χ0n) is 11.6. The van der Waals surface area contributed by atoms with Crippen molar-refractivity contribution in [3.8, 4) is 0 Å². The van der Waals surface area contributed by atoms with Crippen LogP contribution < -0.4 is 16.4 Å². The second-order valence-electron chi connectivity index (χ2n) is 5.43. The fraction of sp³-hybridized carbons (Fsp3) is 0.615. The first-order valence-corrected chi connectivity index (χ1v) is 7.07. The number of primary amides is 1. The molecule has 0 radical (unpaired) electrons. The number of nitrogen functional groups attached to an aromatic ring is 1. The molecule has 0 aliphatic rings. The molecule has 0 fully saturated rings. The lowest BCUT2D eigenvalue weighted by Gasteiger charge is -2.26. The van der Waals surface area contributed by atoms with Crippen LogP contribution in [-0.2, 0) is 0 Å². The van der Waals surface area contributed by atoms with Gasteiger partial charge in [0.25, 0.3) is 5.91 Å². The van der Waals surface area contributed by atoms with E-state index in [1.807, 2.05) is 6.07 Å². The second kappa shape index (κ2) is 6.09. The molecule has 0 saturated carbocycles. The second-order valence-corrected chi connectivity index (χ2v) is 6.46. The molecule has 1 aromatic heterocycles. The van der Waals surface area contributed by atoms with Crippen molar-refractivity contribution in [1.29, 1.82) is 0 Å². The number of hydrogen-bond acceptors (Lipinski definition) is 4. The highest BCUT2D eigenvalue weighted by Crippen LogP contribution is 2.32. The van der Waals surface area contributed by atoms with Crippen LogP contribution >= 0.6 is 11.3 Å². The summed E-state index contributed by atoms with van der Waals surface area (Å²) in [4.78, 5) is 14.0. The normalized spacial score (nSPS) is 11.2. The lowest BCUT2D eigenvalue weighted by molar-refractivity contribution is 0.100. The Bertz CT molecular complexity index is 402. The Labute approximate surface area is 113 Å². The maximum absolute atomic E-state index is 11.2. The zero-order chi connectivity index (χ0) is 13.9. The van der Waals surface area contributed by atoms with Gasteiger partial charge < -0.3 is 16.4 Å². The van der Waals surface area contributed by atoms with E-state index < -0.39 is 5.91 Å². The minimum Gasteiger partial charge on any atom is -0.397 e. The SMILES string of the molecule is CC(C)CN(CC(C)C)c1cc(N)c(C(N)=O)s1. The molecule has 0 bridgehead atoms. The van der Waals surface area contributed by atoms with Crippen molar-refractivity contribution in [1.82, 2.24) is 0 Å². The Balaban J connectivity index is 2.97. The summed E-state index contributed by atoms with van der Waals surface area (Å²) in [6.45, 7) is 10.6. The smallest absolute Gasteiger partial charge is 0.260 e. The van der Waals surface area contributed by atoms with Crippen molar-refractivity contribution in [2.75, 3.05) is 23.7 Å². The van der Waals surface area contributed by atoms with Gasteiger partial charge in [0.15, 0.2) is 0 Å². The molecule has 102 valence electrons. The van der Waals surface area contributed by atoms with Crippen LogP contribution in [0.2, 0.25) is 0 Å². The van der Waals surface area contributed by atoms with E-state index in [4.69, 9.17) is 11.5 Å². The predicted molar refractivity (Wildman–Crippen MR) is 79.1 cm³/mol. The predicted octanol–water partition coefficient (Wildman–Crippen LogP) is 2.55. The fourth-order valence-electron chi connectivity index (χ4n) is 1.88. The van der Waals surface area contributed by atoms with Gasteiger partial charge in [-0.3, -0.25) is 4.79 Å². The van der Waals surface area contributed by atoms with Gasteiger partial charge in [-0.15, -0.1) is 11.3 Å². The lowest BCUT2D eigenvalue weighted by Crippen LogP contribution is -2.30. The molecule has 0 spiro atoms. The van der Waals surface area contributed by atoms with Crippen molar-refractivity contribution in [3.63, 3.8) is 0 Å². The van der Waals surface area contributed by atoms with E-state index in [-0.39, 0.29) is 0 Å². The van der Waals surface area contributed by atoms with E-state index in [1.165, 1.54) is 11.3 Å². The molecule has 4 nitrogen and oxygen atoms in total. The molecule has 0 aliphatic heterocycles. The number of nitrogens with two attached hydrogens (primary N) is 2. The average Bonchev–Trinajstić information content (AvgIpc) is 2.57. The van der Waals surface area contributed by atoms with Crippen LogP contribution in [-0.4, -0.2) is 19.0 Å². The van der Waals surface area contributed by atoms with Gasteiger partial charge in [0.05, 0.1) is 10.7 Å². The zero-order valence-corrected chi connectivity index (χ0v) is 12.4. The molecule has 0 atom stereocenters. The molecule has 5 heteroatoms. The molecule has 0 unspecified atom stereocenters. The fourth-order valence-corrected chi connectivity index (χ4v) is 2.83. The molecule has 4 N–H and O–H groups in total. The van der Waals surface area contributed by atoms with Crippen LogP contribution in [0.15, 0.2) is 6.07 Å². The van der Waals surface area contributed by atoms with Crippen LogP contribution in [0.25, 0.3) is 0 Å². The first-order chi connectivity index (χ1) is 8.31. The van der Waals surface area contributed by atoms with Crippen LogP contribution in [0.5, 0.6) is 0 Å². The van der Waals surface area contributed by atoms with Gasteiger partial charge in [-0.1, -0.05) is 27.7 Å². The van der Waals surface area contributed by atoms with Crippen LogP contribution in [0.4, 0.5) is 10.7 Å². The highest BCUT2D eigenvalue weighted by Gasteiger charge is 2.17. The lowest BCUT2D eigenvalue weighted by atomic mass is 10.1. The van der Waals surface area contributed by atoms with Gasteiger partial charge in [0, 0.05) is 13.1 Å². The summed E-state index contributed by atoms with van der Waals surface area (Å²) >= 11 is 1.39. The van der Waals surface area contributed by atoms with E-state index in [0.29, 0.717) is 22.4 Å². The summed E-state index contributed by atoms with van der Waals surface area (Å²) in [5, 5.41) is 1.03. The summed E-state index contributed by atoms with van der Waals surface area (Å²) in [7, 11) is 0. The molecule has 0 aliphatic carbocycles. The Morgan fingerprint density at radius 3 is 2.11 bits per heavy atom. The molecule has 1 amide bonds. The Morgan fingerprint density at radius 2 is 1.78 bits per heavy atom. The van der Waals surface area contributed by atoms with Crippen LogP contribution in [0, 0.1) is 11.8 Å². The van der Waals surface area contributed by atoms with Gasteiger partial charge in [0.2, 0.25) is 0 Å². The monoisotopic (exact) mass is 269 g/mol. The van der Waals surface area contributed by atoms with Crippen molar-refractivity contribution in [3.05, 3.63) is 10.9 Å². The third-order valence-electron chi connectivity index (χ3n) is 2.45. The first-order valence-electron chi connectivity index (χ1n) is 6.25. The molecule has 1 heterocycles. The van der Waals surface area contributed by atoms with Crippen LogP contribution in [0.1, 0.15) is 37.4 Å². The van der Waals surface area contributed by atoms with E-state index in [2.05, 4.69) is 32.6 Å². The Morgan fingerprint density at radius 1 is 1.28 bits per heavy atom. The van der Waals surface area contributed by atoms with Crippen molar-refractivity contribution in [2.45, 2.75) is 27.7 Å². The molecule has 0 saturated heterocycles. The summed E-state index contributed by atoms with van der Waals surface area (Å²) in [6, 6.07) is 1.86. The number of amides is 1. The maximum Gasteiger partial charge on any atom is 0.260 e. The van der Waals surface area contributed by atoms with Gasteiger partial charge in [-0.25, -0.2) is 0 Å². The number of carbonyl (C=O) groups is 1. The topological polar surface area (TPSA) is 72.3 Å². The number of anilines is 2. The number of rotatable bonds is 6. The molecule has 0 aromatic carbocycles. The standard InChI is InChI=1S/C13H23N3OS/c1-8(2)6-16(7-9(3)4)11-5-10(14)12(18-11)13(15)17/h5,8-9H,6-7,14H2,1-4H3,(H2,15,17). The highest BCUT2D eigenvalue weighted by atomic mass is 32.1. The van der Waals surface area contributed by atoms with Gasteiger partial charge in [0.1, 0.15) is 4.88 Å². The van der Waals surface area contributed by atoms with E-state index in [0.717, 1.165) is 18.1 Å². The number of hydrogen-bond donors (Lipinski definition) is 2. The van der Waals surface area contributed by atoms with E-state index in [1.54, 1.807) is 0 Å². The van der Waals surface area contributed by atoms with Crippen molar-refractivity contribution >= 4 is 27.9 Å². The highest BCUT2D eigenvalue weighted by molar-refractivity contribution is 7.18. The number of thiophene rings is 1. The summed E-state index contributed by atoms with van der Waals surface area (Å²) < 4.78 is 0. The average molecular weight is 269 g/mol. The molecule has 1 rings (SSSR count). The van der Waals surface area contributed by atoms with Gasteiger partial charge >= 0.3 is 0 Å². The minimum atomic E-state index is -0.446.